The van der Waals surface area contributed by atoms with Crippen molar-refractivity contribution >= 4 is 11.7 Å². The number of nitrogens with zero attached hydrogens (tertiary/aromatic N) is 1. The van der Waals surface area contributed by atoms with Gasteiger partial charge in [0.05, 0.1) is 6.61 Å². The van der Waals surface area contributed by atoms with Crippen LogP contribution in [0.3, 0.4) is 0 Å². The van der Waals surface area contributed by atoms with Crippen molar-refractivity contribution in [2.24, 2.45) is 0 Å². The number of aromatic nitrogens is 2. The summed E-state index contributed by atoms with van der Waals surface area (Å²) in [5.41, 5.74) is 5.71. The topological polar surface area (TPSA) is 93.0 Å². The van der Waals surface area contributed by atoms with Crippen molar-refractivity contribution in [2.45, 2.75) is 6.92 Å². The summed E-state index contributed by atoms with van der Waals surface area (Å²) in [5, 5.41) is 8.82. The third kappa shape index (κ3) is 3.06. The molecule has 78 valence electrons. The molecule has 0 aliphatic carbocycles. The van der Waals surface area contributed by atoms with E-state index in [4.69, 9.17) is 10.5 Å². The lowest BCUT2D eigenvalue weighted by molar-refractivity contribution is 0.0917. The van der Waals surface area contributed by atoms with Gasteiger partial charge < -0.3 is 15.8 Å². The zero-order valence-electron chi connectivity index (χ0n) is 8.04. The number of hydrogen-bond donors (Lipinski definition) is 3. The molecule has 0 radical (unpaired) electrons. The van der Waals surface area contributed by atoms with Crippen LogP contribution in [0.15, 0.2) is 6.07 Å². The molecule has 4 N–H and O–H groups in total. The maximum absolute atomic E-state index is 11.3. The second-order valence-electron chi connectivity index (χ2n) is 2.66. The summed E-state index contributed by atoms with van der Waals surface area (Å²) in [6.07, 6.45) is 0. The van der Waals surface area contributed by atoms with Gasteiger partial charge in [-0.1, -0.05) is 0 Å². The summed E-state index contributed by atoms with van der Waals surface area (Å²) in [7, 11) is 0. The molecule has 0 spiro atoms. The van der Waals surface area contributed by atoms with E-state index >= 15 is 0 Å². The molecule has 0 fully saturated rings. The fourth-order valence-electron chi connectivity index (χ4n) is 0.930. The number of hydrogen-bond acceptors (Lipinski definition) is 4. The van der Waals surface area contributed by atoms with Crippen LogP contribution in [0.5, 0.6) is 0 Å². The Bertz CT molecular complexity index is 297. The first-order valence-electron chi connectivity index (χ1n) is 4.41. The van der Waals surface area contributed by atoms with E-state index in [1.807, 2.05) is 6.92 Å². The van der Waals surface area contributed by atoms with E-state index in [0.717, 1.165) is 0 Å². The van der Waals surface area contributed by atoms with Crippen LogP contribution in [0.25, 0.3) is 0 Å². The highest BCUT2D eigenvalue weighted by Gasteiger charge is 2.06. The van der Waals surface area contributed by atoms with Crippen molar-refractivity contribution in [1.82, 2.24) is 15.5 Å². The zero-order chi connectivity index (χ0) is 10.4. The molecule has 1 aromatic rings. The maximum atomic E-state index is 11.3. The van der Waals surface area contributed by atoms with Crippen LogP contribution >= 0.6 is 0 Å². The lowest BCUT2D eigenvalue weighted by Crippen LogP contribution is -2.27. The largest absolute Gasteiger partial charge is 0.382 e. The summed E-state index contributed by atoms with van der Waals surface area (Å²) < 4.78 is 5.06. The van der Waals surface area contributed by atoms with Crippen LogP contribution in [-0.2, 0) is 4.74 Å². The van der Waals surface area contributed by atoms with Gasteiger partial charge in [-0.2, -0.15) is 5.10 Å². The van der Waals surface area contributed by atoms with Crippen molar-refractivity contribution in [3.63, 3.8) is 0 Å². The minimum Gasteiger partial charge on any atom is -0.382 e. The smallest absolute Gasteiger partial charge is 0.269 e. The molecule has 0 atom stereocenters. The fraction of sp³-hybridized carbons (Fsp3) is 0.500. The van der Waals surface area contributed by atoms with Crippen LogP contribution in [0, 0.1) is 0 Å². The molecular weight excluding hydrogens is 184 g/mol. The highest BCUT2D eigenvalue weighted by Crippen LogP contribution is 1.99. The molecule has 0 aromatic carbocycles. The molecule has 0 bridgehead atoms. The number of nitrogens with two attached hydrogens (primary N) is 1. The predicted molar refractivity (Wildman–Crippen MR) is 51.8 cm³/mol. The Morgan fingerprint density at radius 2 is 2.57 bits per heavy atom. The molecule has 6 nitrogen and oxygen atoms in total. The SMILES string of the molecule is CCOCCNC(=O)c1cc(N)n[nH]1. The first-order chi connectivity index (χ1) is 6.74. The van der Waals surface area contributed by atoms with Crippen LogP contribution < -0.4 is 11.1 Å². The van der Waals surface area contributed by atoms with Crippen molar-refractivity contribution in [3.05, 3.63) is 11.8 Å². The van der Waals surface area contributed by atoms with Crippen LogP contribution in [0.2, 0.25) is 0 Å². The van der Waals surface area contributed by atoms with Crippen molar-refractivity contribution in [2.75, 3.05) is 25.5 Å². The normalized spacial score (nSPS) is 10.1. The predicted octanol–water partition coefficient (Wildman–Crippen LogP) is -0.242. The van der Waals surface area contributed by atoms with Crippen LogP contribution in [0.1, 0.15) is 17.4 Å². The molecule has 0 aliphatic rings. The standard InChI is InChI=1S/C8H14N4O2/c1-2-14-4-3-10-8(13)6-5-7(9)12-11-6/h5H,2-4H2,1H3,(H,10,13)(H3,9,11,12). The number of H-pyrrole nitrogens is 1. The molecule has 1 aromatic heterocycles. The summed E-state index contributed by atoms with van der Waals surface area (Å²) >= 11 is 0. The monoisotopic (exact) mass is 198 g/mol. The van der Waals surface area contributed by atoms with Crippen molar-refractivity contribution in [1.29, 1.82) is 0 Å². The third-order valence-electron chi connectivity index (χ3n) is 1.58. The summed E-state index contributed by atoms with van der Waals surface area (Å²) in [6.45, 7) is 3.53. The van der Waals surface area contributed by atoms with Gasteiger partial charge in [-0.3, -0.25) is 9.89 Å². The van der Waals surface area contributed by atoms with Gasteiger partial charge in [-0.05, 0) is 6.92 Å². The Balaban J connectivity index is 2.29. The second-order valence-corrected chi connectivity index (χ2v) is 2.66. The number of carbonyl (C=O) groups excluding carboxylic acids is 1. The average molecular weight is 198 g/mol. The van der Waals surface area contributed by atoms with Gasteiger partial charge in [0, 0.05) is 19.2 Å². The average Bonchev–Trinajstić information content (AvgIpc) is 2.59. The molecule has 0 unspecified atom stereocenters. The molecule has 1 amide bonds. The Morgan fingerprint density at radius 3 is 3.14 bits per heavy atom. The number of ether oxygens (including phenoxy) is 1. The maximum Gasteiger partial charge on any atom is 0.269 e. The molecule has 0 saturated heterocycles. The Kier molecular flexibility index (Phi) is 3.93. The number of amides is 1. The Hall–Kier alpha value is -1.56. The number of nitrogens with one attached hydrogen (secondary N) is 2. The first kappa shape index (κ1) is 10.5. The van der Waals surface area contributed by atoms with E-state index in [1.165, 1.54) is 6.07 Å². The number of nitrogen functional groups attached to an aromatic ring is 1. The fourth-order valence-corrected chi connectivity index (χ4v) is 0.930. The van der Waals surface area contributed by atoms with Gasteiger partial charge in [0.1, 0.15) is 11.5 Å². The van der Waals surface area contributed by atoms with E-state index < -0.39 is 0 Å². The highest BCUT2D eigenvalue weighted by atomic mass is 16.5. The van der Waals surface area contributed by atoms with E-state index in [2.05, 4.69) is 15.5 Å². The molecule has 6 heteroatoms. The first-order valence-corrected chi connectivity index (χ1v) is 4.41. The van der Waals surface area contributed by atoms with Crippen molar-refractivity contribution in [3.8, 4) is 0 Å². The lowest BCUT2D eigenvalue weighted by Gasteiger charge is -2.02. The summed E-state index contributed by atoms with van der Waals surface area (Å²) in [6, 6.07) is 1.48. The number of carbonyl (C=O) groups is 1. The minimum atomic E-state index is -0.228. The van der Waals surface area contributed by atoms with Gasteiger partial charge in [-0.25, -0.2) is 0 Å². The van der Waals surface area contributed by atoms with Crippen LogP contribution in [-0.4, -0.2) is 35.9 Å². The minimum absolute atomic E-state index is 0.228. The number of anilines is 1. The Morgan fingerprint density at radius 1 is 1.79 bits per heavy atom. The van der Waals surface area contributed by atoms with Crippen LogP contribution in [0.4, 0.5) is 5.82 Å². The van der Waals surface area contributed by atoms with E-state index in [0.29, 0.717) is 31.3 Å². The second kappa shape index (κ2) is 5.23. The summed E-state index contributed by atoms with van der Waals surface area (Å²) in [5.74, 6) is 0.0776. The van der Waals surface area contributed by atoms with E-state index in [-0.39, 0.29) is 5.91 Å². The number of rotatable bonds is 5. The molecule has 1 heterocycles. The van der Waals surface area contributed by atoms with Gasteiger partial charge in [0.15, 0.2) is 0 Å². The lowest BCUT2D eigenvalue weighted by atomic mass is 10.4. The molecule has 14 heavy (non-hydrogen) atoms. The van der Waals surface area contributed by atoms with Gasteiger partial charge in [0.25, 0.3) is 5.91 Å². The molecule has 0 aliphatic heterocycles. The van der Waals surface area contributed by atoms with E-state index in [1.54, 1.807) is 0 Å². The molecule has 1 rings (SSSR count). The molecular formula is C8H14N4O2. The van der Waals surface area contributed by atoms with Crippen molar-refractivity contribution < 1.29 is 9.53 Å². The molecule has 0 saturated carbocycles. The van der Waals surface area contributed by atoms with Gasteiger partial charge in [0.2, 0.25) is 0 Å². The quantitative estimate of drug-likeness (QED) is 0.569. The number of aromatic amines is 1. The van der Waals surface area contributed by atoms with Gasteiger partial charge in [-0.15, -0.1) is 0 Å². The Labute approximate surface area is 81.8 Å². The highest BCUT2D eigenvalue weighted by molar-refractivity contribution is 5.92. The van der Waals surface area contributed by atoms with Gasteiger partial charge >= 0.3 is 0 Å². The van der Waals surface area contributed by atoms with E-state index in [9.17, 15) is 4.79 Å². The summed E-state index contributed by atoms with van der Waals surface area (Å²) in [4.78, 5) is 11.3. The third-order valence-corrected chi connectivity index (χ3v) is 1.58. The zero-order valence-corrected chi connectivity index (χ0v) is 8.04.